The molecule has 0 bridgehead atoms. The number of para-hydroxylation sites is 1. The van der Waals surface area contributed by atoms with Crippen molar-refractivity contribution in [2.75, 3.05) is 11.9 Å². The molecule has 1 aromatic heterocycles. The van der Waals surface area contributed by atoms with Crippen LogP contribution in [0.15, 0.2) is 82.8 Å². The molecule has 0 spiro atoms. The fraction of sp³-hybridized carbons (Fsp3) is 0.0952. The number of hydrogen-bond acceptors (Lipinski definition) is 5. The van der Waals surface area contributed by atoms with Crippen LogP contribution in [-0.2, 0) is 9.53 Å². The van der Waals surface area contributed by atoms with Gasteiger partial charge in [-0.05, 0) is 43.3 Å². The van der Waals surface area contributed by atoms with E-state index in [9.17, 15) is 9.59 Å². The van der Waals surface area contributed by atoms with Crippen molar-refractivity contribution >= 4 is 29.3 Å². The first-order valence-corrected chi connectivity index (χ1v) is 9.15. The van der Waals surface area contributed by atoms with Crippen LogP contribution in [0.4, 0.5) is 5.69 Å². The lowest BCUT2D eigenvalue weighted by molar-refractivity contribution is -0.119. The number of nitrogens with zero attached hydrogens (tertiary/aromatic N) is 1. The minimum absolute atomic E-state index is 0.329. The lowest BCUT2D eigenvalue weighted by atomic mass is 10.2. The van der Waals surface area contributed by atoms with Gasteiger partial charge >= 0.3 is 5.97 Å². The molecule has 0 saturated carbocycles. The normalized spacial score (nSPS) is 10.3. The molecule has 1 amide bonds. The number of carbonyl (C=O) groups is 2. The zero-order valence-electron chi connectivity index (χ0n) is 14.7. The molecule has 2 aromatic carbocycles. The number of nitrogens with one attached hydrogen (secondary N) is 1. The third-order valence-corrected chi connectivity index (χ3v) is 4.65. The molecule has 1 heterocycles. The highest BCUT2D eigenvalue weighted by atomic mass is 32.2. The van der Waals surface area contributed by atoms with E-state index in [0.717, 1.165) is 10.5 Å². The summed E-state index contributed by atoms with van der Waals surface area (Å²) >= 11 is 1.38. The summed E-state index contributed by atoms with van der Waals surface area (Å²) in [6, 6.07) is 20.2. The molecule has 0 radical (unpaired) electrons. The topological polar surface area (TPSA) is 68.3 Å². The molecular weight excluding hydrogens is 360 g/mol. The Hall–Kier alpha value is -3.12. The van der Waals surface area contributed by atoms with Gasteiger partial charge in [0.25, 0.3) is 5.91 Å². The highest BCUT2D eigenvalue weighted by Crippen LogP contribution is 2.29. The van der Waals surface area contributed by atoms with Gasteiger partial charge in [0.1, 0.15) is 5.03 Å². The highest BCUT2D eigenvalue weighted by molar-refractivity contribution is 7.99. The van der Waals surface area contributed by atoms with Crippen molar-refractivity contribution in [3.63, 3.8) is 0 Å². The molecule has 27 heavy (non-hydrogen) atoms. The summed E-state index contributed by atoms with van der Waals surface area (Å²) in [6.45, 7) is 1.65. The zero-order chi connectivity index (χ0) is 19.1. The van der Waals surface area contributed by atoms with E-state index in [1.807, 2.05) is 49.4 Å². The maximum atomic E-state index is 12.4. The lowest BCUT2D eigenvalue weighted by Gasteiger charge is -2.09. The van der Waals surface area contributed by atoms with E-state index >= 15 is 0 Å². The van der Waals surface area contributed by atoms with Crippen LogP contribution in [0.1, 0.15) is 15.9 Å². The maximum Gasteiger partial charge on any atom is 0.341 e. The standard InChI is InChI=1S/C21H18N2O3S/c1-15-9-11-17(12-10-15)27-20-18(8-5-13-22-20)21(25)26-14-19(24)23-16-6-3-2-4-7-16/h2-13H,14H2,1H3,(H,23,24). The summed E-state index contributed by atoms with van der Waals surface area (Å²) in [5.74, 6) is -0.980. The van der Waals surface area contributed by atoms with Gasteiger partial charge < -0.3 is 10.1 Å². The van der Waals surface area contributed by atoms with Crippen molar-refractivity contribution in [3.05, 3.63) is 84.1 Å². The number of aryl methyl sites for hydroxylation is 1. The molecular formula is C21H18N2O3S. The Morgan fingerprint density at radius 3 is 2.48 bits per heavy atom. The molecule has 5 nitrogen and oxygen atoms in total. The number of hydrogen-bond donors (Lipinski definition) is 1. The average molecular weight is 378 g/mol. The van der Waals surface area contributed by atoms with Crippen molar-refractivity contribution in [3.8, 4) is 0 Å². The Bertz CT molecular complexity index is 928. The first kappa shape index (κ1) is 18.7. The highest BCUT2D eigenvalue weighted by Gasteiger charge is 2.16. The minimum atomic E-state index is -0.582. The molecule has 0 fully saturated rings. The summed E-state index contributed by atoms with van der Waals surface area (Å²) < 4.78 is 5.16. The second-order valence-electron chi connectivity index (χ2n) is 5.76. The number of esters is 1. The summed E-state index contributed by atoms with van der Waals surface area (Å²) in [4.78, 5) is 29.6. The van der Waals surface area contributed by atoms with E-state index in [0.29, 0.717) is 16.3 Å². The third kappa shape index (κ3) is 5.43. The number of rotatable bonds is 6. The minimum Gasteiger partial charge on any atom is -0.452 e. The van der Waals surface area contributed by atoms with E-state index in [1.54, 1.807) is 30.5 Å². The van der Waals surface area contributed by atoms with Crippen molar-refractivity contribution < 1.29 is 14.3 Å². The van der Waals surface area contributed by atoms with Gasteiger partial charge in [-0.1, -0.05) is 47.7 Å². The van der Waals surface area contributed by atoms with Crippen LogP contribution in [0.5, 0.6) is 0 Å². The molecule has 136 valence electrons. The second-order valence-corrected chi connectivity index (χ2v) is 6.82. The Labute approximate surface area is 161 Å². The molecule has 0 atom stereocenters. The first-order valence-electron chi connectivity index (χ1n) is 8.33. The average Bonchev–Trinajstić information content (AvgIpc) is 2.69. The number of anilines is 1. The number of ether oxygens (including phenoxy) is 1. The van der Waals surface area contributed by atoms with E-state index in [2.05, 4.69) is 10.3 Å². The number of benzene rings is 2. The van der Waals surface area contributed by atoms with Crippen LogP contribution in [0.25, 0.3) is 0 Å². The van der Waals surface area contributed by atoms with Crippen molar-refractivity contribution in [1.29, 1.82) is 0 Å². The molecule has 0 aliphatic heterocycles. The summed E-state index contributed by atoms with van der Waals surface area (Å²) in [5, 5.41) is 3.21. The van der Waals surface area contributed by atoms with Gasteiger partial charge in [0.2, 0.25) is 0 Å². The van der Waals surface area contributed by atoms with E-state index < -0.39 is 11.9 Å². The molecule has 0 aliphatic rings. The predicted octanol–water partition coefficient (Wildman–Crippen LogP) is 4.34. The van der Waals surface area contributed by atoms with E-state index in [-0.39, 0.29) is 6.61 Å². The molecule has 6 heteroatoms. The second kappa shape index (κ2) is 9.00. The molecule has 0 unspecified atom stereocenters. The fourth-order valence-electron chi connectivity index (χ4n) is 2.27. The number of carbonyl (C=O) groups excluding carboxylic acids is 2. The lowest BCUT2D eigenvalue weighted by Crippen LogP contribution is -2.21. The molecule has 0 saturated heterocycles. The number of aromatic nitrogens is 1. The SMILES string of the molecule is Cc1ccc(Sc2ncccc2C(=O)OCC(=O)Nc2ccccc2)cc1. The van der Waals surface area contributed by atoms with Crippen LogP contribution in [0.3, 0.4) is 0 Å². The Morgan fingerprint density at radius 2 is 1.74 bits per heavy atom. The van der Waals surface area contributed by atoms with Crippen molar-refractivity contribution in [2.24, 2.45) is 0 Å². The molecule has 3 aromatic rings. The molecule has 0 aliphatic carbocycles. The molecule has 1 N–H and O–H groups in total. The van der Waals surface area contributed by atoms with Gasteiger partial charge in [0.15, 0.2) is 6.61 Å². The van der Waals surface area contributed by atoms with Gasteiger partial charge in [0.05, 0.1) is 5.56 Å². The quantitative estimate of drug-likeness (QED) is 0.647. The van der Waals surface area contributed by atoms with E-state index in [1.165, 1.54) is 11.8 Å². The monoisotopic (exact) mass is 378 g/mol. The van der Waals surface area contributed by atoms with Gasteiger partial charge in [-0.2, -0.15) is 0 Å². The fourth-order valence-corrected chi connectivity index (χ4v) is 3.14. The third-order valence-electron chi connectivity index (χ3n) is 3.62. The van der Waals surface area contributed by atoms with Gasteiger partial charge in [0, 0.05) is 16.8 Å². The Kier molecular flexibility index (Phi) is 6.22. The van der Waals surface area contributed by atoms with Gasteiger partial charge in [-0.3, -0.25) is 4.79 Å². The van der Waals surface area contributed by atoms with Crippen LogP contribution in [-0.4, -0.2) is 23.5 Å². The maximum absolute atomic E-state index is 12.4. The van der Waals surface area contributed by atoms with Crippen molar-refractivity contribution in [2.45, 2.75) is 16.8 Å². The Balaban J connectivity index is 1.63. The van der Waals surface area contributed by atoms with Crippen LogP contribution in [0, 0.1) is 6.92 Å². The van der Waals surface area contributed by atoms with Gasteiger partial charge in [-0.25, -0.2) is 9.78 Å². The summed E-state index contributed by atoms with van der Waals surface area (Å²) in [7, 11) is 0. The van der Waals surface area contributed by atoms with Gasteiger partial charge in [-0.15, -0.1) is 0 Å². The van der Waals surface area contributed by atoms with Crippen LogP contribution < -0.4 is 5.32 Å². The largest absolute Gasteiger partial charge is 0.452 e. The number of amides is 1. The first-order chi connectivity index (χ1) is 13.1. The molecule has 3 rings (SSSR count). The summed E-state index contributed by atoms with van der Waals surface area (Å²) in [6.07, 6.45) is 1.62. The van der Waals surface area contributed by atoms with E-state index in [4.69, 9.17) is 4.74 Å². The zero-order valence-corrected chi connectivity index (χ0v) is 15.5. The predicted molar refractivity (Wildman–Crippen MR) is 105 cm³/mol. The Morgan fingerprint density at radius 1 is 1.00 bits per heavy atom. The smallest absolute Gasteiger partial charge is 0.341 e. The van der Waals surface area contributed by atoms with Crippen LogP contribution in [0.2, 0.25) is 0 Å². The van der Waals surface area contributed by atoms with Crippen molar-refractivity contribution in [1.82, 2.24) is 4.98 Å². The van der Waals surface area contributed by atoms with Crippen LogP contribution >= 0.6 is 11.8 Å². The summed E-state index contributed by atoms with van der Waals surface area (Å²) in [5.41, 5.74) is 2.13. The number of pyridine rings is 1.